The van der Waals surface area contributed by atoms with Gasteiger partial charge < -0.3 is 10.6 Å². The van der Waals surface area contributed by atoms with Crippen LogP contribution < -0.4 is 10.6 Å². The Labute approximate surface area is 187 Å². The summed E-state index contributed by atoms with van der Waals surface area (Å²) in [6.45, 7) is 9.35. The smallest absolute Gasteiger partial charge is 0.191 e. The third-order valence-electron chi connectivity index (χ3n) is 4.76. The van der Waals surface area contributed by atoms with Crippen molar-refractivity contribution >= 4 is 52.6 Å². The van der Waals surface area contributed by atoms with Crippen molar-refractivity contribution in [2.45, 2.75) is 39.8 Å². The van der Waals surface area contributed by atoms with Gasteiger partial charge in [-0.2, -0.15) is 0 Å². The normalized spacial score (nSPS) is 18.2. The van der Waals surface area contributed by atoms with E-state index < -0.39 is 0 Å². The Bertz CT molecular complexity index is 714. The summed E-state index contributed by atoms with van der Waals surface area (Å²) in [5.74, 6) is 1.56. The summed E-state index contributed by atoms with van der Waals surface area (Å²) in [6, 6.07) is 4.38. The summed E-state index contributed by atoms with van der Waals surface area (Å²) >= 11 is 3.61. The number of nitrogens with zero attached hydrogens (tertiary/aromatic N) is 3. The molecule has 2 aromatic rings. The topological polar surface area (TPSA) is 52.6 Å². The van der Waals surface area contributed by atoms with Gasteiger partial charge in [0.05, 0.1) is 17.2 Å². The predicted molar refractivity (Wildman–Crippen MR) is 128 cm³/mol. The first-order valence-corrected chi connectivity index (χ1v) is 11.0. The molecule has 2 aromatic heterocycles. The lowest BCUT2D eigenvalue weighted by Gasteiger charge is -2.32. The number of aryl methyl sites for hydroxylation is 2. The van der Waals surface area contributed by atoms with Crippen molar-refractivity contribution < 1.29 is 0 Å². The number of hydrogen-bond acceptors (Lipinski definition) is 5. The lowest BCUT2D eigenvalue weighted by molar-refractivity contribution is 0.169. The molecule has 0 bridgehead atoms. The first-order chi connectivity index (χ1) is 12.6. The zero-order chi connectivity index (χ0) is 18.4. The van der Waals surface area contributed by atoms with Crippen LogP contribution in [-0.2, 0) is 13.1 Å². The number of thiophene rings is 1. The minimum absolute atomic E-state index is 0. The second-order valence-electron chi connectivity index (χ2n) is 6.87. The van der Waals surface area contributed by atoms with Crippen molar-refractivity contribution in [3.8, 4) is 0 Å². The number of nitrogens with one attached hydrogen (secondary N) is 2. The number of rotatable bonds is 6. The Morgan fingerprint density at radius 3 is 2.89 bits per heavy atom. The number of thiazole rings is 1. The van der Waals surface area contributed by atoms with E-state index in [-0.39, 0.29) is 24.0 Å². The Hall–Kier alpha value is -0.710. The molecular formula is C19H30IN5S2. The molecule has 1 aliphatic rings. The highest BCUT2D eigenvalue weighted by atomic mass is 127. The molecule has 0 radical (unpaired) electrons. The molecule has 0 aromatic carbocycles. The fraction of sp³-hybridized carbons (Fsp3) is 0.579. The van der Waals surface area contributed by atoms with Crippen LogP contribution in [0.3, 0.4) is 0 Å². The minimum atomic E-state index is 0. The molecule has 0 aliphatic carbocycles. The van der Waals surface area contributed by atoms with Gasteiger partial charge >= 0.3 is 0 Å². The predicted octanol–water partition coefficient (Wildman–Crippen LogP) is 4.02. The molecule has 1 atom stereocenters. The van der Waals surface area contributed by atoms with E-state index in [1.807, 2.05) is 18.4 Å². The van der Waals surface area contributed by atoms with E-state index in [0.29, 0.717) is 5.92 Å². The van der Waals surface area contributed by atoms with E-state index in [1.54, 1.807) is 11.3 Å². The SMILES string of the molecule is CN=C(NCc1sc(C)nc1C)NCC1CCCN(Cc2cccs2)C1.I. The van der Waals surface area contributed by atoms with Gasteiger partial charge in [0.15, 0.2) is 5.96 Å². The molecule has 1 saturated heterocycles. The van der Waals surface area contributed by atoms with Crippen LogP contribution in [0, 0.1) is 19.8 Å². The first-order valence-electron chi connectivity index (χ1n) is 9.26. The van der Waals surface area contributed by atoms with Gasteiger partial charge in [-0.25, -0.2) is 4.98 Å². The van der Waals surface area contributed by atoms with Crippen LogP contribution in [0.2, 0.25) is 0 Å². The molecule has 1 fully saturated rings. The summed E-state index contributed by atoms with van der Waals surface area (Å²) in [4.78, 5) is 14.2. The van der Waals surface area contributed by atoms with E-state index in [2.05, 4.69) is 56.9 Å². The Morgan fingerprint density at radius 1 is 1.37 bits per heavy atom. The summed E-state index contributed by atoms with van der Waals surface area (Å²) in [5.41, 5.74) is 1.12. The standard InChI is InChI=1S/C19H29N5S2.HI/c1-14-18(26-15(2)23-14)11-22-19(20-3)21-10-16-6-4-8-24(12-16)13-17-7-5-9-25-17;/h5,7,9,16H,4,6,8,10-13H2,1-3H3,(H2,20,21,22);1H. The molecular weight excluding hydrogens is 489 g/mol. The van der Waals surface area contributed by atoms with Gasteiger partial charge in [0.25, 0.3) is 0 Å². The molecule has 5 nitrogen and oxygen atoms in total. The second-order valence-corrected chi connectivity index (χ2v) is 9.19. The van der Waals surface area contributed by atoms with Crippen LogP contribution >= 0.6 is 46.7 Å². The zero-order valence-corrected chi connectivity index (χ0v) is 20.3. The van der Waals surface area contributed by atoms with Crippen molar-refractivity contribution in [3.05, 3.63) is 38.0 Å². The third-order valence-corrected chi connectivity index (χ3v) is 6.69. The summed E-state index contributed by atoms with van der Waals surface area (Å²) in [5, 5.41) is 10.2. The van der Waals surface area contributed by atoms with Gasteiger partial charge in [0, 0.05) is 36.4 Å². The fourth-order valence-electron chi connectivity index (χ4n) is 3.45. The van der Waals surface area contributed by atoms with Crippen molar-refractivity contribution in [3.63, 3.8) is 0 Å². The van der Waals surface area contributed by atoms with E-state index >= 15 is 0 Å². The molecule has 2 N–H and O–H groups in total. The zero-order valence-electron chi connectivity index (χ0n) is 16.3. The van der Waals surface area contributed by atoms with E-state index in [4.69, 9.17) is 0 Å². The fourth-order valence-corrected chi connectivity index (χ4v) is 5.07. The van der Waals surface area contributed by atoms with Crippen LogP contribution in [0.1, 0.15) is 33.3 Å². The lowest BCUT2D eigenvalue weighted by atomic mass is 9.98. The molecule has 3 rings (SSSR count). The number of hydrogen-bond donors (Lipinski definition) is 2. The maximum Gasteiger partial charge on any atom is 0.191 e. The number of guanidine groups is 1. The largest absolute Gasteiger partial charge is 0.356 e. The van der Waals surface area contributed by atoms with E-state index in [0.717, 1.165) is 42.8 Å². The van der Waals surface area contributed by atoms with Crippen LogP contribution in [0.4, 0.5) is 0 Å². The van der Waals surface area contributed by atoms with Gasteiger partial charge in [0.1, 0.15) is 0 Å². The van der Waals surface area contributed by atoms with Gasteiger partial charge in [-0.1, -0.05) is 6.07 Å². The summed E-state index contributed by atoms with van der Waals surface area (Å²) < 4.78 is 0. The quantitative estimate of drug-likeness (QED) is 0.344. The third kappa shape index (κ3) is 6.99. The number of piperidine rings is 1. The number of aromatic nitrogens is 1. The average Bonchev–Trinajstić information content (AvgIpc) is 3.25. The maximum atomic E-state index is 4.49. The Balaban J connectivity index is 0.00000261. The molecule has 3 heterocycles. The average molecular weight is 520 g/mol. The van der Waals surface area contributed by atoms with Crippen LogP contribution in [0.15, 0.2) is 22.5 Å². The van der Waals surface area contributed by atoms with Gasteiger partial charge in [-0.15, -0.1) is 46.7 Å². The first kappa shape index (κ1) is 22.6. The Kier molecular flexibility index (Phi) is 9.47. The maximum absolute atomic E-state index is 4.49. The molecule has 0 saturated carbocycles. The highest BCUT2D eigenvalue weighted by Gasteiger charge is 2.20. The van der Waals surface area contributed by atoms with Gasteiger partial charge in [-0.3, -0.25) is 9.89 Å². The summed E-state index contributed by atoms with van der Waals surface area (Å²) in [7, 11) is 1.84. The minimum Gasteiger partial charge on any atom is -0.356 e. The molecule has 0 amide bonds. The van der Waals surface area contributed by atoms with Crippen molar-refractivity contribution in [2.24, 2.45) is 10.9 Å². The molecule has 27 heavy (non-hydrogen) atoms. The number of halogens is 1. The number of likely N-dealkylation sites (tertiary alicyclic amines) is 1. The van der Waals surface area contributed by atoms with Crippen molar-refractivity contribution in [2.75, 3.05) is 26.7 Å². The molecule has 0 spiro atoms. The van der Waals surface area contributed by atoms with Crippen LogP contribution in [0.25, 0.3) is 0 Å². The summed E-state index contributed by atoms with van der Waals surface area (Å²) in [6.07, 6.45) is 2.57. The van der Waals surface area contributed by atoms with Crippen molar-refractivity contribution in [1.29, 1.82) is 0 Å². The van der Waals surface area contributed by atoms with Crippen molar-refractivity contribution in [1.82, 2.24) is 20.5 Å². The van der Waals surface area contributed by atoms with E-state index in [9.17, 15) is 0 Å². The molecule has 150 valence electrons. The van der Waals surface area contributed by atoms with Gasteiger partial charge in [0.2, 0.25) is 0 Å². The van der Waals surface area contributed by atoms with Gasteiger partial charge in [-0.05, 0) is 50.6 Å². The van der Waals surface area contributed by atoms with Crippen LogP contribution in [0.5, 0.6) is 0 Å². The van der Waals surface area contributed by atoms with Crippen LogP contribution in [-0.4, -0.2) is 42.5 Å². The second kappa shape index (κ2) is 11.3. The molecule has 1 unspecified atom stereocenters. The number of aliphatic imine (C=N–C) groups is 1. The Morgan fingerprint density at radius 2 is 2.22 bits per heavy atom. The lowest BCUT2D eigenvalue weighted by Crippen LogP contribution is -2.44. The highest BCUT2D eigenvalue weighted by molar-refractivity contribution is 14.0. The highest BCUT2D eigenvalue weighted by Crippen LogP contribution is 2.20. The molecule has 8 heteroatoms. The monoisotopic (exact) mass is 519 g/mol. The van der Waals surface area contributed by atoms with E-state index in [1.165, 1.54) is 29.1 Å². The molecule has 1 aliphatic heterocycles.